The highest BCUT2D eigenvalue weighted by molar-refractivity contribution is 6.05. The summed E-state index contributed by atoms with van der Waals surface area (Å²) in [6, 6.07) is 11.5. The average Bonchev–Trinajstić information content (AvgIpc) is 2.81. The zero-order valence-electron chi connectivity index (χ0n) is 20.4. The van der Waals surface area contributed by atoms with Gasteiger partial charge in [0.1, 0.15) is 11.6 Å². The van der Waals surface area contributed by atoms with Gasteiger partial charge in [-0.15, -0.1) is 0 Å². The molecule has 0 fully saturated rings. The summed E-state index contributed by atoms with van der Waals surface area (Å²) in [7, 11) is 2.71. The number of hydrogen-bond donors (Lipinski definition) is 1. The first-order valence-electron chi connectivity index (χ1n) is 11.3. The van der Waals surface area contributed by atoms with Crippen LogP contribution in [-0.2, 0) is 20.5 Å². The Morgan fingerprint density at radius 1 is 1.08 bits per heavy atom. The summed E-state index contributed by atoms with van der Waals surface area (Å²) in [6.07, 6.45) is -4.00. The maximum absolute atomic E-state index is 13.6. The van der Waals surface area contributed by atoms with Gasteiger partial charge in [-0.3, -0.25) is 9.69 Å². The van der Waals surface area contributed by atoms with E-state index in [1.165, 1.54) is 31.3 Å². The van der Waals surface area contributed by atoms with Crippen molar-refractivity contribution in [1.29, 1.82) is 0 Å². The largest absolute Gasteiger partial charge is 0.497 e. The zero-order chi connectivity index (χ0) is 26.4. The van der Waals surface area contributed by atoms with Crippen molar-refractivity contribution in [3.8, 4) is 5.75 Å². The number of nitrogens with two attached hydrogens (primary N) is 1. The second-order valence-corrected chi connectivity index (χ2v) is 9.68. The summed E-state index contributed by atoms with van der Waals surface area (Å²) in [4.78, 5) is 28.1. The number of methoxy groups -OCH3 is 2. The van der Waals surface area contributed by atoms with E-state index in [2.05, 4.69) is 0 Å². The lowest BCUT2D eigenvalue weighted by Gasteiger charge is -2.44. The number of ketones is 1. The van der Waals surface area contributed by atoms with E-state index in [9.17, 15) is 22.8 Å². The molecule has 2 aromatic rings. The summed E-state index contributed by atoms with van der Waals surface area (Å²) < 4.78 is 50.9. The maximum atomic E-state index is 13.6. The van der Waals surface area contributed by atoms with E-state index < -0.39 is 29.0 Å². The molecule has 0 saturated heterocycles. The number of benzene rings is 2. The molecule has 1 aliphatic carbocycles. The minimum absolute atomic E-state index is 0.00751. The number of carbonyl (C=O) groups is 2. The summed E-state index contributed by atoms with van der Waals surface area (Å²) in [6.45, 7) is 3.83. The lowest BCUT2D eigenvalue weighted by Crippen LogP contribution is -2.43. The van der Waals surface area contributed by atoms with Gasteiger partial charge in [0.25, 0.3) is 0 Å². The SMILES string of the molecule is COC(=O)C1=C(N)N(c2cccc(C(F)(F)F)c2)C2=C(C(=O)CC(C)(C)C2)C1c1ccc(OC)cc1. The monoisotopic (exact) mass is 500 g/mol. The minimum Gasteiger partial charge on any atom is -0.497 e. The van der Waals surface area contributed by atoms with E-state index >= 15 is 0 Å². The molecule has 190 valence electrons. The molecule has 2 aromatic carbocycles. The second kappa shape index (κ2) is 9.04. The van der Waals surface area contributed by atoms with E-state index in [4.69, 9.17) is 15.2 Å². The number of esters is 1. The highest BCUT2D eigenvalue weighted by atomic mass is 19.4. The molecule has 0 amide bonds. The molecule has 0 aromatic heterocycles. The van der Waals surface area contributed by atoms with Gasteiger partial charge < -0.3 is 15.2 Å². The fourth-order valence-corrected chi connectivity index (χ4v) is 4.97. The van der Waals surface area contributed by atoms with Crippen LogP contribution in [0.5, 0.6) is 5.75 Å². The summed E-state index contributed by atoms with van der Waals surface area (Å²) in [5.74, 6) is -1.31. The molecule has 6 nitrogen and oxygen atoms in total. The average molecular weight is 501 g/mol. The number of nitrogens with zero attached hydrogens (tertiary/aromatic N) is 1. The highest BCUT2D eigenvalue weighted by Crippen LogP contribution is 2.51. The van der Waals surface area contributed by atoms with E-state index in [1.807, 2.05) is 13.8 Å². The standard InChI is InChI=1S/C27H27F3N2O4/c1-26(2)13-19-22(20(33)14-26)21(15-8-10-18(35-3)11-9-15)23(25(34)36-4)24(31)32(19)17-7-5-6-16(12-17)27(28,29)30/h5-12,21H,13-14,31H2,1-4H3. The van der Waals surface area contributed by atoms with Crippen LogP contribution >= 0.6 is 0 Å². The van der Waals surface area contributed by atoms with Crippen LogP contribution in [0.2, 0.25) is 0 Å². The lowest BCUT2D eigenvalue weighted by atomic mass is 9.68. The normalized spacial score (nSPS) is 19.8. The molecule has 0 radical (unpaired) electrons. The fourth-order valence-electron chi connectivity index (χ4n) is 4.97. The van der Waals surface area contributed by atoms with Gasteiger partial charge in [-0.25, -0.2) is 4.79 Å². The third kappa shape index (κ3) is 4.45. The molecule has 1 aliphatic heterocycles. The van der Waals surface area contributed by atoms with Gasteiger partial charge >= 0.3 is 12.1 Å². The Balaban J connectivity index is 2.02. The van der Waals surface area contributed by atoms with Crippen molar-refractivity contribution in [1.82, 2.24) is 0 Å². The van der Waals surface area contributed by atoms with E-state index in [1.54, 1.807) is 24.3 Å². The van der Waals surface area contributed by atoms with Crippen LogP contribution in [0.3, 0.4) is 0 Å². The summed E-state index contributed by atoms with van der Waals surface area (Å²) in [5.41, 5.74) is 6.74. The number of halogens is 3. The molecule has 36 heavy (non-hydrogen) atoms. The highest BCUT2D eigenvalue weighted by Gasteiger charge is 2.46. The molecule has 1 heterocycles. The van der Waals surface area contributed by atoms with E-state index in [-0.39, 0.29) is 29.3 Å². The lowest BCUT2D eigenvalue weighted by molar-refractivity contribution is -0.138. The minimum atomic E-state index is -4.58. The number of anilines is 1. The van der Waals surface area contributed by atoms with Crippen molar-refractivity contribution in [2.75, 3.05) is 19.1 Å². The van der Waals surface area contributed by atoms with Crippen LogP contribution in [-0.4, -0.2) is 26.0 Å². The number of alkyl halides is 3. The smallest absolute Gasteiger partial charge is 0.416 e. The molecule has 4 rings (SSSR count). The fraction of sp³-hybridized carbons (Fsp3) is 0.333. The van der Waals surface area contributed by atoms with Crippen LogP contribution in [0, 0.1) is 5.41 Å². The van der Waals surface area contributed by atoms with Crippen LogP contribution in [0.1, 0.15) is 43.7 Å². The van der Waals surface area contributed by atoms with Crippen LogP contribution in [0.25, 0.3) is 0 Å². The quantitative estimate of drug-likeness (QED) is 0.574. The van der Waals surface area contributed by atoms with Gasteiger partial charge in [-0.05, 0) is 47.7 Å². The van der Waals surface area contributed by atoms with Crippen molar-refractivity contribution in [3.05, 3.63) is 82.3 Å². The summed E-state index contributed by atoms with van der Waals surface area (Å²) in [5, 5.41) is 0. The van der Waals surface area contributed by atoms with Gasteiger partial charge in [0.05, 0.1) is 31.3 Å². The Morgan fingerprint density at radius 2 is 1.75 bits per heavy atom. The molecular weight excluding hydrogens is 473 g/mol. The first-order chi connectivity index (χ1) is 16.9. The number of Topliss-reactive ketones (excluding diaryl/α,β-unsaturated/α-hetero) is 1. The Morgan fingerprint density at radius 3 is 2.33 bits per heavy atom. The van der Waals surface area contributed by atoms with Gasteiger partial charge in [0.15, 0.2) is 5.78 Å². The van der Waals surface area contributed by atoms with E-state index in [0.717, 1.165) is 12.1 Å². The molecule has 2 N–H and O–H groups in total. The molecule has 0 bridgehead atoms. The Labute approximate surface area is 207 Å². The first-order valence-corrected chi connectivity index (χ1v) is 11.3. The van der Waals surface area contributed by atoms with Crippen molar-refractivity contribution in [3.63, 3.8) is 0 Å². The molecular formula is C27H27F3N2O4. The third-order valence-electron chi connectivity index (χ3n) is 6.55. The van der Waals surface area contributed by atoms with Crippen molar-refractivity contribution < 1.29 is 32.2 Å². The molecule has 1 atom stereocenters. The number of allylic oxidation sites excluding steroid dienone is 2. The number of carbonyl (C=O) groups excluding carboxylic acids is 2. The predicted octanol–water partition coefficient (Wildman–Crippen LogP) is 5.30. The molecule has 9 heteroatoms. The van der Waals surface area contributed by atoms with Gasteiger partial charge in [0.2, 0.25) is 0 Å². The van der Waals surface area contributed by atoms with Gasteiger partial charge in [-0.1, -0.05) is 32.0 Å². The van der Waals surface area contributed by atoms with Crippen molar-refractivity contribution in [2.24, 2.45) is 11.1 Å². The zero-order valence-corrected chi connectivity index (χ0v) is 20.4. The third-order valence-corrected chi connectivity index (χ3v) is 6.55. The van der Waals surface area contributed by atoms with Crippen LogP contribution in [0.4, 0.5) is 18.9 Å². The maximum Gasteiger partial charge on any atom is 0.416 e. The number of rotatable bonds is 4. The van der Waals surface area contributed by atoms with Crippen molar-refractivity contribution in [2.45, 2.75) is 38.8 Å². The predicted molar refractivity (Wildman–Crippen MR) is 128 cm³/mol. The molecule has 0 spiro atoms. The Hall–Kier alpha value is -3.75. The van der Waals surface area contributed by atoms with Gasteiger partial charge in [0, 0.05) is 23.4 Å². The van der Waals surface area contributed by atoms with Gasteiger partial charge in [-0.2, -0.15) is 13.2 Å². The Kier molecular flexibility index (Phi) is 6.36. The van der Waals surface area contributed by atoms with Crippen LogP contribution in [0.15, 0.2) is 71.2 Å². The summed E-state index contributed by atoms with van der Waals surface area (Å²) >= 11 is 0. The molecule has 0 saturated carbocycles. The van der Waals surface area contributed by atoms with E-state index in [0.29, 0.717) is 29.0 Å². The first kappa shape index (κ1) is 25.3. The van der Waals surface area contributed by atoms with Crippen molar-refractivity contribution >= 4 is 17.4 Å². The molecule has 1 unspecified atom stereocenters. The molecule has 2 aliphatic rings. The Bertz CT molecular complexity index is 1280. The van der Waals surface area contributed by atoms with Crippen LogP contribution < -0.4 is 15.4 Å². The number of ether oxygens (including phenoxy) is 2. The second-order valence-electron chi connectivity index (χ2n) is 9.68. The topological polar surface area (TPSA) is 81.9 Å². The number of hydrogen-bond acceptors (Lipinski definition) is 6.